The molecule has 88 valence electrons. The Kier molecular flexibility index (Phi) is 3.14. The van der Waals surface area contributed by atoms with E-state index in [1.54, 1.807) is 12.2 Å². The molecule has 0 atom stereocenters. The molecule has 4 heteroatoms. The second-order valence-electron chi connectivity index (χ2n) is 3.61. The van der Waals surface area contributed by atoms with Gasteiger partial charge in [0, 0.05) is 0 Å². The van der Waals surface area contributed by atoms with Gasteiger partial charge in [-0.15, -0.1) is 0 Å². The molecule has 2 rings (SSSR count). The minimum atomic E-state index is -1.17. The monoisotopic (exact) mass is 231 g/mol. The van der Waals surface area contributed by atoms with Crippen molar-refractivity contribution in [2.45, 2.75) is 6.92 Å². The van der Waals surface area contributed by atoms with Crippen LogP contribution >= 0.6 is 0 Å². The Labute approximate surface area is 98.8 Å². The molecule has 0 saturated carbocycles. The molecule has 0 unspecified atom stereocenters. The Hall–Kier alpha value is -2.23. The molecule has 0 radical (unpaired) electrons. The van der Waals surface area contributed by atoms with Crippen LogP contribution in [0.3, 0.4) is 0 Å². The lowest BCUT2D eigenvalue weighted by atomic mass is 10.2. The van der Waals surface area contributed by atoms with E-state index in [2.05, 4.69) is 0 Å². The summed E-state index contributed by atoms with van der Waals surface area (Å²) in [5.41, 5.74) is 1.10. The highest BCUT2D eigenvalue weighted by Gasteiger charge is 2.11. The van der Waals surface area contributed by atoms with Crippen LogP contribution in [-0.4, -0.2) is 12.8 Å². The summed E-state index contributed by atoms with van der Waals surface area (Å²) in [6.07, 6.45) is 4.93. The topological polar surface area (TPSA) is 58.6 Å². The molecule has 0 fully saturated rings. The molecular formula is C13H11O4-. The zero-order valence-electron chi connectivity index (χ0n) is 9.30. The van der Waals surface area contributed by atoms with Crippen LogP contribution in [0, 0.1) is 0 Å². The molecular weight excluding hydrogens is 220 g/mol. The number of carboxylic acid groups (broad SMARTS) is 1. The number of carbonyl (C=O) groups excluding carboxylic acids is 1. The number of allylic oxidation sites excluding steroid dienone is 2. The first-order chi connectivity index (χ1) is 8.16. The Balaban J connectivity index is 2.12. The van der Waals surface area contributed by atoms with Gasteiger partial charge in [-0.3, -0.25) is 0 Å². The lowest BCUT2D eigenvalue weighted by Crippen LogP contribution is -2.22. The first kappa shape index (κ1) is 11.3. The minimum absolute atomic E-state index is 0.182. The molecule has 0 aliphatic carbocycles. The van der Waals surface area contributed by atoms with Crippen LogP contribution in [0.2, 0.25) is 0 Å². The minimum Gasteiger partial charge on any atom is -0.545 e. The molecule has 1 aliphatic rings. The van der Waals surface area contributed by atoms with Crippen molar-refractivity contribution < 1.29 is 19.4 Å². The molecule has 1 heterocycles. The van der Waals surface area contributed by atoms with Crippen LogP contribution in [0.5, 0.6) is 11.5 Å². The Bertz CT molecular complexity index is 500. The summed E-state index contributed by atoms with van der Waals surface area (Å²) in [4.78, 5) is 10.4. The predicted molar refractivity (Wildman–Crippen MR) is 60.4 cm³/mol. The summed E-state index contributed by atoms with van der Waals surface area (Å²) in [7, 11) is 0. The van der Waals surface area contributed by atoms with E-state index in [1.165, 1.54) is 13.0 Å². The number of carbonyl (C=O) groups is 1. The summed E-state index contributed by atoms with van der Waals surface area (Å²) in [6.45, 7) is 1.73. The molecule has 0 bridgehead atoms. The predicted octanol–water partition coefficient (Wildman–Crippen LogP) is 1.12. The highest BCUT2D eigenvalue weighted by Crippen LogP contribution is 2.32. The number of aliphatic carboxylic acids is 1. The number of fused-ring (bicyclic) bond motifs is 1. The number of hydrogen-bond acceptors (Lipinski definition) is 4. The number of benzene rings is 1. The zero-order valence-corrected chi connectivity index (χ0v) is 9.30. The maximum Gasteiger partial charge on any atom is 0.231 e. The third-order valence-electron chi connectivity index (χ3n) is 2.35. The smallest absolute Gasteiger partial charge is 0.231 e. The third-order valence-corrected chi connectivity index (χ3v) is 2.35. The summed E-state index contributed by atoms with van der Waals surface area (Å²) in [6, 6.07) is 5.52. The van der Waals surface area contributed by atoms with Crippen molar-refractivity contribution in [3.8, 4) is 11.5 Å². The van der Waals surface area contributed by atoms with Crippen LogP contribution in [0.1, 0.15) is 12.5 Å². The second-order valence-corrected chi connectivity index (χ2v) is 3.61. The molecule has 17 heavy (non-hydrogen) atoms. The SMILES string of the molecule is C/C(=C\C=C\c1ccc2c(c1)OCO2)C(=O)[O-]. The van der Waals surface area contributed by atoms with Crippen molar-refractivity contribution in [1.29, 1.82) is 0 Å². The van der Waals surface area contributed by atoms with Crippen LogP contribution in [0.4, 0.5) is 0 Å². The van der Waals surface area contributed by atoms with E-state index in [1.807, 2.05) is 18.2 Å². The quantitative estimate of drug-likeness (QED) is 0.578. The molecule has 0 spiro atoms. The van der Waals surface area contributed by atoms with Crippen LogP contribution < -0.4 is 14.6 Å². The summed E-state index contributed by atoms with van der Waals surface area (Å²) in [5.74, 6) is 0.261. The summed E-state index contributed by atoms with van der Waals surface area (Å²) >= 11 is 0. The van der Waals surface area contributed by atoms with Gasteiger partial charge in [-0.2, -0.15) is 0 Å². The van der Waals surface area contributed by atoms with E-state index in [4.69, 9.17) is 9.47 Å². The van der Waals surface area contributed by atoms with Crippen LogP contribution in [0.25, 0.3) is 6.08 Å². The summed E-state index contributed by atoms with van der Waals surface area (Å²) < 4.78 is 10.4. The van der Waals surface area contributed by atoms with Gasteiger partial charge in [0.15, 0.2) is 11.5 Å². The molecule has 1 aromatic carbocycles. The zero-order chi connectivity index (χ0) is 12.3. The molecule has 0 N–H and O–H groups in total. The fourth-order valence-corrected chi connectivity index (χ4v) is 1.39. The van der Waals surface area contributed by atoms with Gasteiger partial charge in [0.05, 0.1) is 5.97 Å². The van der Waals surface area contributed by atoms with E-state index < -0.39 is 5.97 Å². The van der Waals surface area contributed by atoms with Crippen LogP contribution in [-0.2, 0) is 4.79 Å². The van der Waals surface area contributed by atoms with E-state index in [-0.39, 0.29) is 12.4 Å². The van der Waals surface area contributed by atoms with Gasteiger partial charge in [0.1, 0.15) is 0 Å². The molecule has 1 aliphatic heterocycles. The average molecular weight is 231 g/mol. The standard InChI is InChI=1S/C13H12O4/c1-9(13(14)15)3-2-4-10-5-6-11-12(7-10)17-8-16-11/h2-7H,8H2,1H3,(H,14,15)/p-1/b4-2+,9-3+. The van der Waals surface area contributed by atoms with Gasteiger partial charge in [-0.05, 0) is 30.2 Å². The van der Waals surface area contributed by atoms with Gasteiger partial charge >= 0.3 is 0 Å². The fraction of sp³-hybridized carbons (Fsp3) is 0.154. The number of carboxylic acids is 1. The highest BCUT2D eigenvalue weighted by molar-refractivity contribution is 5.84. The lowest BCUT2D eigenvalue weighted by molar-refractivity contribution is -0.299. The third kappa shape index (κ3) is 2.66. The van der Waals surface area contributed by atoms with E-state index >= 15 is 0 Å². The molecule has 0 saturated heterocycles. The summed E-state index contributed by atoms with van der Waals surface area (Å²) in [5, 5.41) is 10.4. The molecule has 0 amide bonds. The first-order valence-corrected chi connectivity index (χ1v) is 5.13. The van der Waals surface area contributed by atoms with Gasteiger partial charge in [0.25, 0.3) is 0 Å². The fourth-order valence-electron chi connectivity index (χ4n) is 1.39. The van der Waals surface area contributed by atoms with Gasteiger partial charge in [-0.1, -0.05) is 24.3 Å². The van der Waals surface area contributed by atoms with Crippen molar-refractivity contribution in [3.63, 3.8) is 0 Å². The van der Waals surface area contributed by atoms with Gasteiger partial charge in [0.2, 0.25) is 6.79 Å². The van der Waals surface area contributed by atoms with E-state index in [0.29, 0.717) is 5.75 Å². The Morgan fingerprint density at radius 2 is 2.12 bits per heavy atom. The van der Waals surface area contributed by atoms with Crippen molar-refractivity contribution in [2.24, 2.45) is 0 Å². The number of ether oxygens (including phenoxy) is 2. The van der Waals surface area contributed by atoms with Crippen LogP contribution in [0.15, 0.2) is 35.9 Å². The van der Waals surface area contributed by atoms with Crippen molar-refractivity contribution >= 4 is 12.0 Å². The van der Waals surface area contributed by atoms with Gasteiger partial charge in [-0.25, -0.2) is 0 Å². The number of hydrogen-bond donors (Lipinski definition) is 0. The largest absolute Gasteiger partial charge is 0.545 e. The van der Waals surface area contributed by atoms with Crippen molar-refractivity contribution in [2.75, 3.05) is 6.79 Å². The highest BCUT2D eigenvalue weighted by atomic mass is 16.7. The normalized spacial score (nSPS) is 14.3. The van der Waals surface area contributed by atoms with Crippen molar-refractivity contribution in [1.82, 2.24) is 0 Å². The second kappa shape index (κ2) is 4.74. The maximum absolute atomic E-state index is 10.4. The maximum atomic E-state index is 10.4. The average Bonchev–Trinajstić information content (AvgIpc) is 2.75. The molecule has 0 aromatic heterocycles. The number of rotatable bonds is 3. The van der Waals surface area contributed by atoms with Crippen molar-refractivity contribution in [3.05, 3.63) is 41.5 Å². The molecule has 4 nitrogen and oxygen atoms in total. The van der Waals surface area contributed by atoms with E-state index in [0.717, 1.165) is 11.3 Å². The Morgan fingerprint density at radius 1 is 1.35 bits per heavy atom. The molecule has 1 aromatic rings. The van der Waals surface area contributed by atoms with Gasteiger partial charge < -0.3 is 19.4 Å². The lowest BCUT2D eigenvalue weighted by Gasteiger charge is -1.99. The Morgan fingerprint density at radius 3 is 2.88 bits per heavy atom. The van der Waals surface area contributed by atoms with E-state index in [9.17, 15) is 9.90 Å². The first-order valence-electron chi connectivity index (χ1n) is 5.13.